The van der Waals surface area contributed by atoms with Crippen molar-refractivity contribution in [2.75, 3.05) is 13.7 Å². The van der Waals surface area contributed by atoms with Gasteiger partial charge in [0.2, 0.25) is 6.33 Å². The maximum atomic E-state index is 12.9. The van der Waals surface area contributed by atoms with E-state index < -0.39 is 17.0 Å². The fraction of sp³-hybridized carbons (Fsp3) is 0.667. The van der Waals surface area contributed by atoms with Gasteiger partial charge in [0.15, 0.2) is 0 Å². The Hall–Kier alpha value is -1.57. The molecule has 1 unspecified atom stereocenters. The zero-order valence-corrected chi connectivity index (χ0v) is 7.46. The highest BCUT2D eigenvalue weighted by molar-refractivity contribution is 4.96. The smallest absolute Gasteiger partial charge is 0.390 e. The molecule has 0 aliphatic carbocycles. The number of halogens is 1. The predicted octanol–water partition coefficient (Wildman–Crippen LogP) is 0.171. The molecular weight excluding hydrogens is 195 g/mol. The summed E-state index contributed by atoms with van der Waals surface area (Å²) in [6, 6.07) is 0. The number of aromatic nitrogens is 3. The Bertz CT molecular complexity index is 316. The van der Waals surface area contributed by atoms with Crippen molar-refractivity contribution in [2.45, 2.75) is 12.7 Å². The molecule has 0 aliphatic heterocycles. The first-order valence-electron chi connectivity index (χ1n) is 3.80. The Morgan fingerprint density at radius 1 is 1.86 bits per heavy atom. The number of nitrogens with zero attached hydrogens (tertiary/aromatic N) is 4. The van der Waals surface area contributed by atoms with Crippen LogP contribution < -0.4 is 0 Å². The minimum Gasteiger partial charge on any atom is -0.390 e. The van der Waals surface area contributed by atoms with Gasteiger partial charge in [-0.15, -0.1) is 0 Å². The first-order valence-corrected chi connectivity index (χ1v) is 3.80. The zero-order chi connectivity index (χ0) is 10.6. The maximum absolute atomic E-state index is 12.9. The van der Waals surface area contributed by atoms with E-state index in [4.69, 9.17) is 0 Å². The van der Waals surface area contributed by atoms with Crippen LogP contribution in [0.15, 0.2) is 6.33 Å². The van der Waals surface area contributed by atoms with Gasteiger partial charge in [0, 0.05) is 12.2 Å². The van der Waals surface area contributed by atoms with Crippen LogP contribution in [0.5, 0.6) is 0 Å². The summed E-state index contributed by atoms with van der Waals surface area (Å²) < 4.78 is 18.5. The molecular formula is C6H9FN4O3. The molecule has 1 rings (SSSR count). The molecule has 0 aromatic carbocycles. The van der Waals surface area contributed by atoms with E-state index in [-0.39, 0.29) is 13.2 Å². The summed E-state index contributed by atoms with van der Waals surface area (Å²) in [5, 5.41) is 13.6. The molecule has 0 bridgehead atoms. The van der Waals surface area contributed by atoms with Gasteiger partial charge in [-0.25, -0.2) is 4.39 Å². The molecule has 1 heterocycles. The van der Waals surface area contributed by atoms with E-state index in [1.54, 1.807) is 0 Å². The van der Waals surface area contributed by atoms with Crippen molar-refractivity contribution in [2.24, 2.45) is 0 Å². The second-order valence-electron chi connectivity index (χ2n) is 2.58. The highest BCUT2D eigenvalue weighted by Crippen LogP contribution is 2.02. The normalized spacial score (nSPS) is 12.7. The summed E-state index contributed by atoms with van der Waals surface area (Å²) in [7, 11) is 1.37. The van der Waals surface area contributed by atoms with Crippen LogP contribution in [0.25, 0.3) is 0 Å². The average Bonchev–Trinajstić information content (AvgIpc) is 2.53. The minimum atomic E-state index is -1.25. The van der Waals surface area contributed by atoms with E-state index in [1.807, 2.05) is 0 Å². The first-order chi connectivity index (χ1) is 6.63. The van der Waals surface area contributed by atoms with Gasteiger partial charge in [-0.2, -0.15) is 4.68 Å². The van der Waals surface area contributed by atoms with E-state index in [9.17, 15) is 14.5 Å². The van der Waals surface area contributed by atoms with Crippen molar-refractivity contribution in [1.29, 1.82) is 0 Å². The van der Waals surface area contributed by atoms with Crippen LogP contribution in [0.2, 0.25) is 0 Å². The van der Waals surface area contributed by atoms with Crippen LogP contribution in [-0.4, -0.2) is 39.6 Å². The number of hydrogen-bond acceptors (Lipinski definition) is 5. The molecule has 1 aromatic heterocycles. The predicted molar refractivity (Wildman–Crippen MR) is 43.4 cm³/mol. The van der Waals surface area contributed by atoms with Gasteiger partial charge in [-0.1, -0.05) is 4.98 Å². The summed E-state index contributed by atoms with van der Waals surface area (Å²) in [5.41, 5.74) is 0. The quantitative estimate of drug-likeness (QED) is 0.504. The van der Waals surface area contributed by atoms with E-state index >= 15 is 0 Å². The van der Waals surface area contributed by atoms with Gasteiger partial charge >= 0.3 is 5.95 Å². The topological polar surface area (TPSA) is 83.1 Å². The first kappa shape index (κ1) is 10.5. The molecule has 0 spiro atoms. The minimum absolute atomic E-state index is 0.0757. The highest BCUT2D eigenvalue weighted by Gasteiger charge is 2.16. The number of methoxy groups -OCH3 is 1. The Balaban J connectivity index is 2.55. The van der Waals surface area contributed by atoms with Crippen LogP contribution in [-0.2, 0) is 11.3 Å². The van der Waals surface area contributed by atoms with Gasteiger partial charge in [0.25, 0.3) is 0 Å². The third kappa shape index (κ3) is 2.73. The SMILES string of the molecule is COCC(F)Cn1cnc([N+](=O)[O-])n1. The van der Waals surface area contributed by atoms with E-state index in [0.29, 0.717) is 0 Å². The van der Waals surface area contributed by atoms with E-state index in [0.717, 1.165) is 11.0 Å². The van der Waals surface area contributed by atoms with Crippen molar-refractivity contribution >= 4 is 5.95 Å². The number of rotatable bonds is 5. The fourth-order valence-electron chi connectivity index (χ4n) is 0.893. The fourth-order valence-corrected chi connectivity index (χ4v) is 0.893. The number of hydrogen-bond donors (Lipinski definition) is 0. The number of nitro groups is 1. The average molecular weight is 204 g/mol. The lowest BCUT2D eigenvalue weighted by Gasteiger charge is -2.02. The molecule has 1 atom stereocenters. The molecule has 78 valence electrons. The molecule has 0 fully saturated rings. The summed E-state index contributed by atoms with van der Waals surface area (Å²) in [6.07, 6.45) is -0.137. The lowest BCUT2D eigenvalue weighted by atomic mass is 10.4. The molecule has 0 amide bonds. The Morgan fingerprint density at radius 3 is 3.07 bits per heavy atom. The third-order valence-corrected chi connectivity index (χ3v) is 1.42. The van der Waals surface area contributed by atoms with E-state index in [2.05, 4.69) is 14.8 Å². The van der Waals surface area contributed by atoms with Gasteiger partial charge in [0.1, 0.15) is 6.17 Å². The highest BCUT2D eigenvalue weighted by atomic mass is 19.1. The maximum Gasteiger partial charge on any atom is 0.490 e. The molecule has 0 aliphatic rings. The lowest BCUT2D eigenvalue weighted by Crippen LogP contribution is -2.17. The molecule has 7 nitrogen and oxygen atoms in total. The van der Waals surface area contributed by atoms with Crippen molar-refractivity contribution in [1.82, 2.24) is 14.8 Å². The summed E-state index contributed by atoms with van der Waals surface area (Å²) >= 11 is 0. The summed E-state index contributed by atoms with van der Waals surface area (Å²) in [6.45, 7) is -0.178. The molecule has 0 saturated carbocycles. The Kier molecular flexibility index (Phi) is 3.46. The van der Waals surface area contributed by atoms with Crippen molar-refractivity contribution < 1.29 is 14.1 Å². The van der Waals surface area contributed by atoms with Crippen molar-refractivity contribution in [3.05, 3.63) is 16.4 Å². The largest absolute Gasteiger partial charge is 0.490 e. The Labute approximate surface area is 78.7 Å². The lowest BCUT2D eigenvalue weighted by molar-refractivity contribution is -0.394. The molecule has 0 saturated heterocycles. The summed E-state index contributed by atoms with van der Waals surface area (Å²) in [5.74, 6) is -0.533. The molecule has 0 radical (unpaired) electrons. The molecule has 8 heteroatoms. The Morgan fingerprint density at radius 2 is 2.57 bits per heavy atom. The van der Waals surface area contributed by atoms with Crippen LogP contribution >= 0.6 is 0 Å². The van der Waals surface area contributed by atoms with Crippen molar-refractivity contribution in [3.63, 3.8) is 0 Å². The van der Waals surface area contributed by atoms with Crippen molar-refractivity contribution in [3.8, 4) is 0 Å². The monoisotopic (exact) mass is 204 g/mol. The van der Waals surface area contributed by atoms with Crippen LogP contribution in [0, 0.1) is 10.1 Å². The van der Waals surface area contributed by atoms with Gasteiger partial charge in [-0.05, 0) is 4.92 Å². The van der Waals surface area contributed by atoms with Crippen LogP contribution in [0.3, 0.4) is 0 Å². The van der Waals surface area contributed by atoms with E-state index in [1.165, 1.54) is 7.11 Å². The molecule has 14 heavy (non-hydrogen) atoms. The zero-order valence-electron chi connectivity index (χ0n) is 7.46. The van der Waals surface area contributed by atoms with Crippen LogP contribution in [0.1, 0.15) is 0 Å². The molecule has 1 aromatic rings. The van der Waals surface area contributed by atoms with Gasteiger partial charge < -0.3 is 14.9 Å². The van der Waals surface area contributed by atoms with Gasteiger partial charge in [0.05, 0.1) is 13.2 Å². The second-order valence-corrected chi connectivity index (χ2v) is 2.58. The molecule has 0 N–H and O–H groups in total. The second kappa shape index (κ2) is 4.61. The third-order valence-electron chi connectivity index (χ3n) is 1.42. The van der Waals surface area contributed by atoms with Crippen LogP contribution in [0.4, 0.5) is 10.3 Å². The number of ether oxygens (including phenoxy) is 1. The summed E-state index contributed by atoms with van der Waals surface area (Å²) in [4.78, 5) is 12.8. The van der Waals surface area contributed by atoms with Gasteiger partial charge in [-0.3, -0.25) is 0 Å². The standard InChI is InChI=1S/C6H9FN4O3/c1-14-3-5(7)2-10-4-8-6(9-10)11(12)13/h4-5H,2-3H2,1H3. The number of alkyl halides is 1.